The molecule has 2 amide bonds. The molecule has 0 radical (unpaired) electrons. The van der Waals surface area contributed by atoms with E-state index in [1.165, 1.54) is 4.90 Å². The van der Waals surface area contributed by atoms with Gasteiger partial charge in [-0.25, -0.2) is 4.90 Å². The van der Waals surface area contributed by atoms with E-state index in [4.69, 9.17) is 0 Å². The Morgan fingerprint density at radius 3 is 1.54 bits per heavy atom. The first-order chi connectivity index (χ1) is 27.5. The SMILES string of the molecule is Cc1cnccc1-c1ccc2c(c1)c1cc(-c3ccncc3C)ccc1n2-c1cccc2c1C(=O)N(c1cccc(-c3ccccc3)c1-c1ccccc1)C2=O. The molecule has 6 aromatic carbocycles. The smallest absolute Gasteiger partial charge is 0.268 e. The van der Waals surface area contributed by atoms with Crippen molar-refractivity contribution in [1.82, 2.24) is 14.5 Å². The summed E-state index contributed by atoms with van der Waals surface area (Å²) in [6.45, 7) is 4.14. The van der Waals surface area contributed by atoms with E-state index in [-0.39, 0.29) is 11.8 Å². The Morgan fingerprint density at radius 2 is 0.964 bits per heavy atom. The Bertz CT molecular complexity index is 2940. The van der Waals surface area contributed by atoms with Crippen LogP contribution in [0.3, 0.4) is 0 Å². The second-order valence-corrected chi connectivity index (χ2v) is 14.3. The van der Waals surface area contributed by atoms with Crippen LogP contribution in [0.25, 0.3) is 72.0 Å². The van der Waals surface area contributed by atoms with Crippen LogP contribution in [0.15, 0.2) is 170 Å². The summed E-state index contributed by atoms with van der Waals surface area (Å²) in [5.74, 6) is -0.702. The first kappa shape index (κ1) is 33.2. The molecule has 0 fully saturated rings. The summed E-state index contributed by atoms with van der Waals surface area (Å²) in [5, 5.41) is 2.07. The van der Waals surface area contributed by atoms with Gasteiger partial charge in [0.25, 0.3) is 11.8 Å². The number of aryl methyl sites for hydroxylation is 2. The Hall–Kier alpha value is -7.44. The largest absolute Gasteiger partial charge is 0.308 e. The summed E-state index contributed by atoms with van der Waals surface area (Å²) in [4.78, 5) is 39.7. The summed E-state index contributed by atoms with van der Waals surface area (Å²) in [7, 11) is 0. The van der Waals surface area contributed by atoms with Gasteiger partial charge in [-0.3, -0.25) is 19.6 Å². The fraction of sp³-hybridized carbons (Fsp3) is 0.0400. The summed E-state index contributed by atoms with van der Waals surface area (Å²) in [5.41, 5.74) is 14.0. The third kappa shape index (κ3) is 5.18. The van der Waals surface area contributed by atoms with Crippen LogP contribution in [0, 0.1) is 13.8 Å². The number of hydrogen-bond acceptors (Lipinski definition) is 4. The van der Waals surface area contributed by atoms with Crippen molar-refractivity contribution < 1.29 is 9.59 Å². The molecule has 56 heavy (non-hydrogen) atoms. The number of carbonyl (C=O) groups is 2. The minimum atomic E-state index is -0.356. The second-order valence-electron chi connectivity index (χ2n) is 14.3. The molecule has 0 aliphatic carbocycles. The van der Waals surface area contributed by atoms with Crippen molar-refractivity contribution in [2.24, 2.45) is 0 Å². The topological polar surface area (TPSA) is 68.1 Å². The molecule has 1 aliphatic rings. The Morgan fingerprint density at radius 1 is 0.429 bits per heavy atom. The molecule has 10 rings (SSSR count). The zero-order valence-corrected chi connectivity index (χ0v) is 30.8. The van der Waals surface area contributed by atoms with E-state index < -0.39 is 0 Å². The molecule has 0 saturated heterocycles. The molecule has 6 nitrogen and oxygen atoms in total. The predicted molar refractivity (Wildman–Crippen MR) is 225 cm³/mol. The van der Waals surface area contributed by atoms with Crippen LogP contribution in [0.5, 0.6) is 0 Å². The van der Waals surface area contributed by atoms with Gasteiger partial charge in [-0.05, 0) is 119 Å². The van der Waals surface area contributed by atoms with Gasteiger partial charge in [-0.2, -0.15) is 0 Å². The van der Waals surface area contributed by atoms with Gasteiger partial charge in [-0.15, -0.1) is 0 Å². The van der Waals surface area contributed by atoms with E-state index in [2.05, 4.69) is 76.9 Å². The molecule has 0 N–H and O–H groups in total. The third-order valence-electron chi connectivity index (χ3n) is 11.0. The molecule has 0 saturated carbocycles. The number of pyridine rings is 2. The molecule has 3 aromatic heterocycles. The minimum absolute atomic E-state index is 0.346. The molecule has 266 valence electrons. The zero-order valence-electron chi connectivity index (χ0n) is 30.8. The van der Waals surface area contributed by atoms with Crippen molar-refractivity contribution in [3.05, 3.63) is 193 Å². The number of benzene rings is 6. The summed E-state index contributed by atoms with van der Waals surface area (Å²) >= 11 is 0. The standard InChI is InChI=1S/C50H34N4O2/c1-31-29-51-25-23-37(31)35-19-21-43-41(27-35)42-28-36(38-24-26-52-30-32(38)2)20-22-44(42)53(43)46-18-10-16-40-48(46)50(56)54(49(40)55)45-17-9-15-39(33-11-5-3-6-12-33)47(45)34-13-7-4-8-14-34/h3-30H,1-2H3. The average Bonchev–Trinajstić information content (AvgIpc) is 3.70. The van der Waals surface area contributed by atoms with Gasteiger partial charge >= 0.3 is 0 Å². The first-order valence-electron chi connectivity index (χ1n) is 18.6. The van der Waals surface area contributed by atoms with Crippen LogP contribution in [-0.4, -0.2) is 26.3 Å². The van der Waals surface area contributed by atoms with Gasteiger partial charge in [0.2, 0.25) is 0 Å². The van der Waals surface area contributed by atoms with Gasteiger partial charge < -0.3 is 4.57 Å². The van der Waals surface area contributed by atoms with Crippen molar-refractivity contribution in [3.8, 4) is 50.2 Å². The highest BCUT2D eigenvalue weighted by Crippen LogP contribution is 2.45. The van der Waals surface area contributed by atoms with E-state index in [0.717, 1.165) is 77.4 Å². The van der Waals surface area contributed by atoms with Crippen LogP contribution < -0.4 is 4.90 Å². The lowest BCUT2D eigenvalue weighted by Crippen LogP contribution is -2.30. The Balaban J connectivity index is 1.19. The quantitative estimate of drug-likeness (QED) is 0.160. The van der Waals surface area contributed by atoms with Gasteiger partial charge in [0, 0.05) is 41.1 Å². The van der Waals surface area contributed by atoms with Gasteiger partial charge in [0.1, 0.15) is 0 Å². The number of fused-ring (bicyclic) bond motifs is 4. The molecule has 6 heteroatoms. The monoisotopic (exact) mass is 722 g/mol. The predicted octanol–water partition coefficient (Wildman–Crippen LogP) is 11.7. The van der Waals surface area contributed by atoms with Crippen molar-refractivity contribution in [3.63, 3.8) is 0 Å². The molecule has 0 spiro atoms. The minimum Gasteiger partial charge on any atom is -0.308 e. The highest BCUT2D eigenvalue weighted by molar-refractivity contribution is 6.37. The number of aromatic nitrogens is 3. The van der Waals surface area contributed by atoms with E-state index in [0.29, 0.717) is 22.5 Å². The average molecular weight is 723 g/mol. The van der Waals surface area contributed by atoms with Crippen LogP contribution in [0.1, 0.15) is 31.8 Å². The number of amides is 2. The maximum absolute atomic E-state index is 15.1. The Kier molecular flexibility index (Phi) is 7.78. The fourth-order valence-corrected chi connectivity index (χ4v) is 8.38. The molecule has 0 bridgehead atoms. The third-order valence-corrected chi connectivity index (χ3v) is 11.0. The first-order valence-corrected chi connectivity index (χ1v) is 18.6. The number of anilines is 1. The molecule has 0 unspecified atom stereocenters. The lowest BCUT2D eigenvalue weighted by molar-refractivity contribution is 0.0926. The normalized spacial score (nSPS) is 12.5. The van der Waals surface area contributed by atoms with Gasteiger partial charge in [0.05, 0.1) is 33.5 Å². The summed E-state index contributed by atoms with van der Waals surface area (Å²) < 4.78 is 2.14. The molecule has 1 aliphatic heterocycles. The van der Waals surface area contributed by atoms with Crippen molar-refractivity contribution in [2.75, 3.05) is 4.90 Å². The maximum atomic E-state index is 15.1. The van der Waals surface area contributed by atoms with E-state index in [1.807, 2.05) is 116 Å². The van der Waals surface area contributed by atoms with Crippen LogP contribution in [0.2, 0.25) is 0 Å². The number of carbonyl (C=O) groups excluding carboxylic acids is 2. The maximum Gasteiger partial charge on any atom is 0.268 e. The number of hydrogen-bond donors (Lipinski definition) is 0. The van der Waals surface area contributed by atoms with E-state index >= 15 is 4.79 Å². The van der Waals surface area contributed by atoms with E-state index in [9.17, 15) is 4.79 Å². The molecular formula is C50H34N4O2. The highest BCUT2D eigenvalue weighted by Gasteiger charge is 2.40. The molecule has 9 aromatic rings. The highest BCUT2D eigenvalue weighted by atomic mass is 16.2. The Labute approximate surface area is 324 Å². The van der Waals surface area contributed by atoms with Crippen LogP contribution >= 0.6 is 0 Å². The van der Waals surface area contributed by atoms with Gasteiger partial charge in [0.15, 0.2) is 0 Å². The lowest BCUT2D eigenvalue weighted by Gasteiger charge is -2.22. The van der Waals surface area contributed by atoms with Crippen LogP contribution in [0.4, 0.5) is 5.69 Å². The summed E-state index contributed by atoms with van der Waals surface area (Å²) in [6.07, 6.45) is 7.40. The van der Waals surface area contributed by atoms with E-state index in [1.54, 1.807) is 6.07 Å². The molecular weight excluding hydrogens is 689 g/mol. The number of rotatable bonds is 6. The fourth-order valence-electron chi connectivity index (χ4n) is 8.38. The van der Waals surface area contributed by atoms with Crippen molar-refractivity contribution >= 4 is 39.3 Å². The zero-order chi connectivity index (χ0) is 37.9. The lowest BCUT2D eigenvalue weighted by atomic mass is 9.92. The van der Waals surface area contributed by atoms with Crippen molar-refractivity contribution in [1.29, 1.82) is 0 Å². The van der Waals surface area contributed by atoms with Gasteiger partial charge in [-0.1, -0.05) is 91.0 Å². The molecule has 0 atom stereocenters. The summed E-state index contributed by atoms with van der Waals surface area (Å²) in [6, 6.07) is 48.5. The number of imide groups is 1. The van der Waals surface area contributed by atoms with Crippen LogP contribution in [-0.2, 0) is 0 Å². The van der Waals surface area contributed by atoms with Crippen molar-refractivity contribution in [2.45, 2.75) is 13.8 Å². The number of nitrogens with zero attached hydrogens (tertiary/aromatic N) is 4. The second kappa shape index (κ2) is 13.1. The molecule has 4 heterocycles.